The van der Waals surface area contributed by atoms with E-state index >= 15 is 0 Å². The zero-order chi connectivity index (χ0) is 15.9. The van der Waals surface area contributed by atoms with Crippen LogP contribution < -0.4 is 11.1 Å². The molecule has 21 heavy (non-hydrogen) atoms. The Labute approximate surface area is 120 Å². The average molecular weight is 294 g/mol. The van der Waals surface area contributed by atoms with Gasteiger partial charge in [0.25, 0.3) is 5.91 Å². The molecule has 1 aliphatic carbocycles. The molecule has 112 valence electrons. The van der Waals surface area contributed by atoms with Crippen LogP contribution in [0.25, 0.3) is 0 Å². The highest BCUT2D eigenvalue weighted by molar-refractivity contribution is 6.01. The molecule has 1 aliphatic rings. The second-order valence-electron chi connectivity index (χ2n) is 5.66. The van der Waals surface area contributed by atoms with Crippen molar-refractivity contribution in [3.8, 4) is 0 Å². The number of anilines is 1. The Hall–Kier alpha value is -2.44. The number of hydrogen-bond donors (Lipinski definition) is 3. The summed E-state index contributed by atoms with van der Waals surface area (Å²) in [6, 6.07) is 3.42. The van der Waals surface area contributed by atoms with Gasteiger partial charge in [-0.25, -0.2) is 4.39 Å². The van der Waals surface area contributed by atoms with Gasteiger partial charge in [-0.15, -0.1) is 0 Å². The Kier molecular flexibility index (Phi) is 3.44. The van der Waals surface area contributed by atoms with Gasteiger partial charge in [0.1, 0.15) is 5.82 Å². The van der Waals surface area contributed by atoms with Crippen LogP contribution in [0.4, 0.5) is 10.1 Å². The molecule has 2 unspecified atom stereocenters. The molecule has 1 fully saturated rings. The first-order chi connectivity index (χ1) is 9.66. The van der Waals surface area contributed by atoms with E-state index in [1.165, 1.54) is 6.07 Å². The summed E-state index contributed by atoms with van der Waals surface area (Å²) in [5.41, 5.74) is 4.25. The van der Waals surface area contributed by atoms with Crippen LogP contribution >= 0.6 is 0 Å². The number of amides is 2. The monoisotopic (exact) mass is 294 g/mol. The molecule has 0 bridgehead atoms. The number of primary amides is 1. The Bertz CT molecular complexity index is 642. The Morgan fingerprint density at radius 3 is 2.38 bits per heavy atom. The van der Waals surface area contributed by atoms with Crippen LogP contribution in [0.1, 0.15) is 24.2 Å². The maximum atomic E-state index is 13.3. The summed E-state index contributed by atoms with van der Waals surface area (Å²) in [5.74, 6) is -4.66. The first-order valence-electron chi connectivity index (χ1n) is 6.29. The number of rotatable bonds is 4. The minimum absolute atomic E-state index is 0.196. The highest BCUT2D eigenvalue weighted by Gasteiger charge is 2.65. The Morgan fingerprint density at radius 2 is 1.90 bits per heavy atom. The second kappa shape index (κ2) is 4.83. The van der Waals surface area contributed by atoms with Gasteiger partial charge in [0.2, 0.25) is 5.91 Å². The van der Waals surface area contributed by atoms with Crippen LogP contribution in [-0.4, -0.2) is 22.9 Å². The van der Waals surface area contributed by atoms with Gasteiger partial charge < -0.3 is 16.2 Å². The number of nitrogens with one attached hydrogen (secondary N) is 1. The first-order valence-corrected chi connectivity index (χ1v) is 6.29. The van der Waals surface area contributed by atoms with Crippen LogP contribution in [-0.2, 0) is 9.59 Å². The van der Waals surface area contributed by atoms with E-state index in [1.807, 2.05) is 0 Å². The predicted octanol–water partition coefficient (Wildman–Crippen LogP) is 1.22. The number of aliphatic carboxylic acids is 1. The zero-order valence-electron chi connectivity index (χ0n) is 11.5. The fraction of sp³-hybridized carbons (Fsp3) is 0.357. The van der Waals surface area contributed by atoms with Gasteiger partial charge in [0, 0.05) is 5.69 Å². The molecule has 0 aliphatic heterocycles. The molecular formula is C14H15FN2O4. The van der Waals surface area contributed by atoms with Gasteiger partial charge in [-0.3, -0.25) is 14.4 Å². The fourth-order valence-corrected chi connectivity index (χ4v) is 2.60. The van der Waals surface area contributed by atoms with E-state index in [4.69, 9.17) is 10.8 Å². The summed E-state index contributed by atoms with van der Waals surface area (Å²) in [5, 5.41) is 11.5. The lowest BCUT2D eigenvalue weighted by molar-refractivity contribution is -0.140. The lowest BCUT2D eigenvalue weighted by Crippen LogP contribution is -2.19. The predicted molar refractivity (Wildman–Crippen MR) is 71.9 cm³/mol. The van der Waals surface area contributed by atoms with E-state index in [0.29, 0.717) is 0 Å². The van der Waals surface area contributed by atoms with Crippen molar-refractivity contribution in [2.45, 2.75) is 13.8 Å². The number of carbonyl (C=O) groups is 3. The molecule has 2 rings (SSSR count). The third kappa shape index (κ3) is 2.58. The van der Waals surface area contributed by atoms with Crippen molar-refractivity contribution < 1.29 is 23.9 Å². The molecule has 6 nitrogen and oxygen atoms in total. The molecule has 4 N–H and O–H groups in total. The van der Waals surface area contributed by atoms with Crippen molar-refractivity contribution >= 4 is 23.5 Å². The molecule has 0 saturated heterocycles. The van der Waals surface area contributed by atoms with Crippen molar-refractivity contribution in [1.29, 1.82) is 0 Å². The van der Waals surface area contributed by atoms with E-state index in [0.717, 1.165) is 12.1 Å². The molecule has 2 amide bonds. The summed E-state index contributed by atoms with van der Waals surface area (Å²) in [6.45, 7) is 3.38. The maximum absolute atomic E-state index is 13.3. The highest BCUT2D eigenvalue weighted by Crippen LogP contribution is 2.58. The SMILES string of the molecule is CC1(C)C(C(=O)O)C1C(=O)Nc1ccc(F)c(C(N)=O)c1. The molecule has 0 heterocycles. The standard InChI is InChI=1S/C14H15FN2O4/c1-14(2)9(10(14)13(20)21)12(19)17-6-3-4-8(15)7(5-6)11(16)18/h3-5,9-10H,1-2H3,(H2,16,18)(H,17,19)(H,20,21). The van der Waals surface area contributed by atoms with Gasteiger partial charge in [-0.1, -0.05) is 13.8 Å². The second-order valence-corrected chi connectivity index (χ2v) is 5.66. The van der Waals surface area contributed by atoms with Crippen molar-refractivity contribution in [3.63, 3.8) is 0 Å². The smallest absolute Gasteiger partial charge is 0.307 e. The van der Waals surface area contributed by atoms with E-state index in [1.54, 1.807) is 13.8 Å². The Morgan fingerprint density at radius 1 is 1.29 bits per heavy atom. The molecule has 0 spiro atoms. The van der Waals surface area contributed by atoms with Crippen LogP contribution in [0, 0.1) is 23.1 Å². The van der Waals surface area contributed by atoms with E-state index < -0.39 is 40.9 Å². The molecule has 1 aromatic rings. The van der Waals surface area contributed by atoms with Gasteiger partial charge >= 0.3 is 5.97 Å². The van der Waals surface area contributed by atoms with Crippen LogP contribution in [0.2, 0.25) is 0 Å². The Balaban J connectivity index is 2.17. The fourth-order valence-electron chi connectivity index (χ4n) is 2.60. The van der Waals surface area contributed by atoms with E-state index in [2.05, 4.69) is 5.32 Å². The molecule has 2 atom stereocenters. The average Bonchev–Trinajstić information content (AvgIpc) is 2.94. The minimum atomic E-state index is -1.03. The van der Waals surface area contributed by atoms with Gasteiger partial charge in [-0.2, -0.15) is 0 Å². The summed E-state index contributed by atoms with van der Waals surface area (Å²) in [4.78, 5) is 34.2. The van der Waals surface area contributed by atoms with Gasteiger partial charge in [0.05, 0.1) is 17.4 Å². The topological polar surface area (TPSA) is 109 Å². The molecule has 1 aromatic carbocycles. The molecule has 0 radical (unpaired) electrons. The lowest BCUT2D eigenvalue weighted by atomic mass is 10.1. The normalized spacial score (nSPS) is 22.4. The number of carboxylic acid groups (broad SMARTS) is 1. The number of benzene rings is 1. The van der Waals surface area contributed by atoms with Gasteiger partial charge in [0.15, 0.2) is 0 Å². The summed E-state index contributed by atoms with van der Waals surface area (Å²) < 4.78 is 13.3. The van der Waals surface area contributed by atoms with Gasteiger partial charge in [-0.05, 0) is 23.6 Å². The summed E-state index contributed by atoms with van der Waals surface area (Å²) in [6.07, 6.45) is 0. The summed E-state index contributed by atoms with van der Waals surface area (Å²) >= 11 is 0. The first kappa shape index (κ1) is 15.0. The molecule has 0 aromatic heterocycles. The van der Waals surface area contributed by atoms with Crippen molar-refractivity contribution in [1.82, 2.24) is 0 Å². The molecule has 1 saturated carbocycles. The maximum Gasteiger partial charge on any atom is 0.307 e. The zero-order valence-corrected chi connectivity index (χ0v) is 11.5. The summed E-state index contributed by atoms with van der Waals surface area (Å²) in [7, 11) is 0. The number of halogens is 1. The van der Waals surface area contributed by atoms with Crippen LogP contribution in [0.5, 0.6) is 0 Å². The van der Waals surface area contributed by atoms with Crippen molar-refractivity contribution in [2.75, 3.05) is 5.32 Å². The quantitative estimate of drug-likeness (QED) is 0.775. The lowest BCUT2D eigenvalue weighted by Gasteiger charge is -2.07. The highest BCUT2D eigenvalue weighted by atomic mass is 19.1. The third-order valence-corrected chi connectivity index (χ3v) is 3.88. The molecule has 7 heteroatoms. The van der Waals surface area contributed by atoms with E-state index in [9.17, 15) is 18.8 Å². The van der Waals surface area contributed by atoms with Crippen molar-refractivity contribution in [2.24, 2.45) is 23.0 Å². The van der Waals surface area contributed by atoms with Crippen LogP contribution in [0.15, 0.2) is 18.2 Å². The molecular weight excluding hydrogens is 279 g/mol. The van der Waals surface area contributed by atoms with Crippen LogP contribution in [0.3, 0.4) is 0 Å². The van der Waals surface area contributed by atoms with E-state index in [-0.39, 0.29) is 11.3 Å². The largest absolute Gasteiger partial charge is 0.481 e. The number of carboxylic acids is 1. The number of hydrogen-bond acceptors (Lipinski definition) is 3. The number of carbonyl (C=O) groups excluding carboxylic acids is 2. The van der Waals surface area contributed by atoms with Crippen molar-refractivity contribution in [3.05, 3.63) is 29.6 Å². The minimum Gasteiger partial charge on any atom is -0.481 e. The third-order valence-electron chi connectivity index (χ3n) is 3.88. The number of nitrogens with two attached hydrogens (primary N) is 1.